The van der Waals surface area contributed by atoms with E-state index in [1.54, 1.807) is 6.07 Å². The molecule has 7 nitrogen and oxygen atoms in total. The highest BCUT2D eigenvalue weighted by Crippen LogP contribution is 2.22. The molecule has 0 saturated carbocycles. The second-order valence-corrected chi connectivity index (χ2v) is 6.41. The number of aromatic amines is 1. The molecule has 1 aliphatic heterocycles. The molecule has 1 aliphatic rings. The summed E-state index contributed by atoms with van der Waals surface area (Å²) in [5.41, 5.74) is 1.15. The topological polar surface area (TPSA) is 101 Å². The van der Waals surface area contributed by atoms with Gasteiger partial charge in [-0.25, -0.2) is 4.98 Å². The maximum Gasteiger partial charge on any atom is 0.271 e. The molecule has 1 fully saturated rings. The molecule has 20 heavy (non-hydrogen) atoms. The van der Waals surface area contributed by atoms with E-state index in [9.17, 15) is 14.3 Å². The molecule has 2 atom stereocenters. The molecule has 8 heteroatoms. The minimum atomic E-state index is -1.22. The van der Waals surface area contributed by atoms with Gasteiger partial charge in [0.05, 0.1) is 32.0 Å². The van der Waals surface area contributed by atoms with E-state index in [0.717, 1.165) is 19.4 Å². The summed E-state index contributed by atoms with van der Waals surface area (Å²) >= 11 is 0. The van der Waals surface area contributed by atoms with E-state index < -0.39 is 15.7 Å². The number of rotatable bonds is 3. The molecule has 0 unspecified atom stereocenters. The lowest BCUT2D eigenvalue weighted by Crippen LogP contribution is -2.36. The minimum Gasteiger partial charge on any atom is -0.331 e. The van der Waals surface area contributed by atoms with Crippen molar-refractivity contribution >= 4 is 27.5 Å². The fraction of sp³-hybridized carbons (Fsp3) is 0.417. The largest absolute Gasteiger partial charge is 0.331 e. The zero-order valence-corrected chi connectivity index (χ0v) is 11.5. The maximum absolute atomic E-state index is 12.4. The third-order valence-corrected chi connectivity index (χ3v) is 4.98. The molecule has 3 rings (SSSR count). The summed E-state index contributed by atoms with van der Waals surface area (Å²) in [5.74, 6) is 0. The number of nitrogens with zero attached hydrogens (tertiary/aromatic N) is 2. The van der Waals surface area contributed by atoms with Crippen molar-refractivity contribution in [3.8, 4) is 0 Å². The van der Waals surface area contributed by atoms with E-state index in [1.807, 2.05) is 0 Å². The summed E-state index contributed by atoms with van der Waals surface area (Å²) in [4.78, 5) is 17.5. The van der Waals surface area contributed by atoms with Crippen molar-refractivity contribution in [3.05, 3.63) is 28.3 Å². The van der Waals surface area contributed by atoms with Crippen molar-refractivity contribution in [2.45, 2.75) is 23.2 Å². The second-order valence-electron chi connectivity index (χ2n) is 4.77. The average molecular weight is 294 g/mol. The first-order chi connectivity index (χ1) is 9.65. The molecule has 0 spiro atoms. The Hall–Kier alpha value is -1.80. The van der Waals surface area contributed by atoms with E-state index in [1.165, 1.54) is 12.1 Å². The Labute approximate surface area is 117 Å². The molecule has 0 bridgehead atoms. The Balaban J connectivity index is 1.92. The summed E-state index contributed by atoms with van der Waals surface area (Å²) in [7, 11) is -1.22. The van der Waals surface area contributed by atoms with Crippen LogP contribution in [0.2, 0.25) is 0 Å². The molecule has 2 heterocycles. The van der Waals surface area contributed by atoms with Gasteiger partial charge in [0.15, 0.2) is 5.16 Å². The molecule has 0 amide bonds. The van der Waals surface area contributed by atoms with E-state index >= 15 is 0 Å². The lowest BCUT2D eigenvalue weighted by molar-refractivity contribution is -0.384. The van der Waals surface area contributed by atoms with Gasteiger partial charge >= 0.3 is 0 Å². The molecule has 1 aromatic heterocycles. The number of benzene rings is 1. The van der Waals surface area contributed by atoms with Gasteiger partial charge in [-0.05, 0) is 25.5 Å². The predicted molar refractivity (Wildman–Crippen MR) is 75.0 cm³/mol. The van der Waals surface area contributed by atoms with Crippen LogP contribution < -0.4 is 5.32 Å². The van der Waals surface area contributed by atoms with Crippen LogP contribution in [0.1, 0.15) is 12.8 Å². The van der Waals surface area contributed by atoms with Crippen molar-refractivity contribution in [1.82, 2.24) is 15.3 Å². The first-order valence-electron chi connectivity index (χ1n) is 6.40. The van der Waals surface area contributed by atoms with Gasteiger partial charge in [-0.15, -0.1) is 0 Å². The van der Waals surface area contributed by atoms with Crippen LogP contribution in [-0.4, -0.2) is 37.4 Å². The van der Waals surface area contributed by atoms with Crippen molar-refractivity contribution in [1.29, 1.82) is 0 Å². The standard InChI is InChI=1S/C12H14N4O3S/c17-16(18)8-3-4-10-11(6-8)15-12(14-10)20(19)9-2-1-5-13-7-9/h3-4,6,9,13H,1-2,5,7H2,(H,14,15)/t9-,20-/m0/s1. The molecular formula is C12H14N4O3S. The SMILES string of the molecule is O=[N+]([O-])c1ccc2nc([S@@](=O)[C@H]3CCCNC3)[nH]c2c1. The van der Waals surface area contributed by atoms with E-state index in [2.05, 4.69) is 15.3 Å². The van der Waals surface area contributed by atoms with Gasteiger partial charge < -0.3 is 10.3 Å². The molecule has 2 aromatic rings. The highest BCUT2D eigenvalue weighted by molar-refractivity contribution is 7.85. The first kappa shape index (κ1) is 13.2. The van der Waals surface area contributed by atoms with Gasteiger partial charge in [0.25, 0.3) is 5.69 Å². The highest BCUT2D eigenvalue weighted by atomic mass is 32.2. The summed E-state index contributed by atoms with van der Waals surface area (Å²) in [6.45, 7) is 1.67. The van der Waals surface area contributed by atoms with Gasteiger partial charge in [0, 0.05) is 18.7 Å². The quantitative estimate of drug-likeness (QED) is 0.657. The van der Waals surface area contributed by atoms with Crippen molar-refractivity contribution in [3.63, 3.8) is 0 Å². The molecular weight excluding hydrogens is 280 g/mol. The van der Waals surface area contributed by atoms with Gasteiger partial charge in [-0.3, -0.25) is 14.3 Å². The average Bonchev–Trinajstić information content (AvgIpc) is 2.90. The number of fused-ring (bicyclic) bond motifs is 1. The minimum absolute atomic E-state index is 0.00202. The summed E-state index contributed by atoms with van der Waals surface area (Å²) in [5, 5.41) is 14.4. The fourth-order valence-corrected chi connectivity index (χ4v) is 3.71. The van der Waals surface area contributed by atoms with Gasteiger partial charge in [0.2, 0.25) is 0 Å². The number of nitrogens with one attached hydrogen (secondary N) is 2. The number of nitro benzene ring substituents is 1. The molecule has 0 aliphatic carbocycles. The zero-order chi connectivity index (χ0) is 14.1. The highest BCUT2D eigenvalue weighted by Gasteiger charge is 2.23. The van der Waals surface area contributed by atoms with Crippen molar-refractivity contribution in [2.75, 3.05) is 13.1 Å². The Morgan fingerprint density at radius 1 is 1.45 bits per heavy atom. The van der Waals surface area contributed by atoms with E-state index in [4.69, 9.17) is 0 Å². The number of nitro groups is 1. The van der Waals surface area contributed by atoms with Crippen LogP contribution >= 0.6 is 0 Å². The fourth-order valence-electron chi connectivity index (χ4n) is 2.34. The van der Waals surface area contributed by atoms with Gasteiger partial charge in [0.1, 0.15) is 0 Å². The van der Waals surface area contributed by atoms with E-state index in [-0.39, 0.29) is 10.9 Å². The van der Waals surface area contributed by atoms with Crippen LogP contribution in [0.4, 0.5) is 5.69 Å². The summed E-state index contributed by atoms with van der Waals surface area (Å²) in [6, 6.07) is 4.39. The third kappa shape index (κ3) is 2.44. The molecule has 1 saturated heterocycles. The normalized spacial score (nSPS) is 20.9. The third-order valence-electron chi connectivity index (χ3n) is 3.40. The Bertz CT molecular complexity index is 678. The number of hydrogen-bond donors (Lipinski definition) is 2. The van der Waals surface area contributed by atoms with Crippen molar-refractivity contribution < 1.29 is 9.13 Å². The monoisotopic (exact) mass is 294 g/mol. The van der Waals surface area contributed by atoms with Gasteiger partial charge in [-0.2, -0.15) is 0 Å². The first-order valence-corrected chi connectivity index (χ1v) is 7.62. The van der Waals surface area contributed by atoms with Crippen LogP contribution in [0.5, 0.6) is 0 Å². The Morgan fingerprint density at radius 3 is 3.00 bits per heavy atom. The van der Waals surface area contributed by atoms with Crippen LogP contribution in [0, 0.1) is 10.1 Å². The zero-order valence-electron chi connectivity index (χ0n) is 10.7. The second kappa shape index (κ2) is 5.29. The number of hydrogen-bond acceptors (Lipinski definition) is 5. The van der Waals surface area contributed by atoms with Crippen LogP contribution in [0.15, 0.2) is 23.4 Å². The summed E-state index contributed by atoms with van der Waals surface area (Å²) in [6.07, 6.45) is 1.90. The number of imidazole rings is 1. The maximum atomic E-state index is 12.4. The molecule has 2 N–H and O–H groups in total. The predicted octanol–water partition coefficient (Wildman–Crippen LogP) is 1.33. The van der Waals surface area contributed by atoms with Crippen LogP contribution in [0.25, 0.3) is 11.0 Å². The molecule has 0 radical (unpaired) electrons. The molecule has 106 valence electrons. The summed E-state index contributed by atoms with van der Waals surface area (Å²) < 4.78 is 12.4. The number of piperidine rings is 1. The van der Waals surface area contributed by atoms with Crippen LogP contribution in [-0.2, 0) is 10.8 Å². The Morgan fingerprint density at radius 2 is 2.30 bits per heavy atom. The van der Waals surface area contributed by atoms with Crippen LogP contribution in [0.3, 0.4) is 0 Å². The number of non-ortho nitro benzene ring substituents is 1. The lowest BCUT2D eigenvalue weighted by Gasteiger charge is -2.20. The molecule has 1 aromatic carbocycles. The Kier molecular flexibility index (Phi) is 3.49. The van der Waals surface area contributed by atoms with Gasteiger partial charge in [-0.1, -0.05) is 0 Å². The van der Waals surface area contributed by atoms with Crippen molar-refractivity contribution in [2.24, 2.45) is 0 Å². The number of H-pyrrole nitrogens is 1. The lowest BCUT2D eigenvalue weighted by atomic mass is 10.2. The van der Waals surface area contributed by atoms with E-state index in [0.29, 0.717) is 22.7 Å². The number of aromatic nitrogens is 2. The smallest absolute Gasteiger partial charge is 0.271 e.